The molecule has 0 radical (unpaired) electrons. The van der Waals surface area contributed by atoms with Crippen LogP contribution in [0.4, 0.5) is 0 Å². The smallest absolute Gasteiger partial charge is 0.317 e. The highest BCUT2D eigenvalue weighted by molar-refractivity contribution is 7.91. The number of carboxylic acids is 1. The first-order chi connectivity index (χ1) is 9.27. The first-order valence-corrected chi connectivity index (χ1v) is 9.00. The topological polar surface area (TPSA) is 87.6 Å². The van der Waals surface area contributed by atoms with Crippen LogP contribution in [0.15, 0.2) is 0 Å². The minimum Gasteiger partial charge on any atom is -0.480 e. The number of carboxylic acid groups (broad SMARTS) is 1. The molecule has 0 bridgehead atoms. The highest BCUT2D eigenvalue weighted by Gasteiger charge is 2.33. The van der Waals surface area contributed by atoms with Crippen LogP contribution in [0.1, 0.15) is 22.0 Å². The number of hydrogen-bond acceptors (Lipinski definition) is 6. The van der Waals surface area contributed by atoms with E-state index in [0.717, 1.165) is 15.6 Å². The molecule has 1 atom stereocenters. The van der Waals surface area contributed by atoms with Gasteiger partial charge in [-0.3, -0.25) is 9.69 Å². The number of aromatic nitrogens is 1. The summed E-state index contributed by atoms with van der Waals surface area (Å²) in [6, 6.07) is -0.222. The van der Waals surface area contributed by atoms with E-state index in [1.54, 1.807) is 4.90 Å². The summed E-state index contributed by atoms with van der Waals surface area (Å²) in [5, 5.41) is 9.84. The van der Waals surface area contributed by atoms with E-state index in [-0.39, 0.29) is 24.1 Å². The molecule has 0 spiro atoms. The number of aliphatic carboxylic acids is 1. The van der Waals surface area contributed by atoms with Crippen molar-refractivity contribution in [3.8, 4) is 0 Å². The lowest BCUT2D eigenvalue weighted by molar-refractivity contribution is -0.139. The maximum Gasteiger partial charge on any atom is 0.317 e. The summed E-state index contributed by atoms with van der Waals surface area (Å²) in [6.07, 6.45) is 0.499. The fourth-order valence-corrected chi connectivity index (χ4v) is 5.05. The van der Waals surface area contributed by atoms with Crippen molar-refractivity contribution in [1.29, 1.82) is 0 Å². The predicted molar refractivity (Wildman–Crippen MR) is 76.7 cm³/mol. The first kappa shape index (κ1) is 15.4. The monoisotopic (exact) mass is 318 g/mol. The van der Waals surface area contributed by atoms with E-state index in [4.69, 9.17) is 5.11 Å². The molecule has 2 heterocycles. The molecule has 8 heteroatoms. The molecule has 112 valence electrons. The summed E-state index contributed by atoms with van der Waals surface area (Å²) in [4.78, 5) is 18.2. The molecule has 0 saturated carbocycles. The Kier molecular flexibility index (Phi) is 4.46. The lowest BCUT2D eigenvalue weighted by Crippen LogP contribution is -2.39. The highest BCUT2D eigenvalue weighted by Crippen LogP contribution is 2.23. The largest absolute Gasteiger partial charge is 0.480 e. The van der Waals surface area contributed by atoms with Crippen LogP contribution in [0.3, 0.4) is 0 Å². The number of aryl methyl sites for hydroxylation is 2. The van der Waals surface area contributed by atoms with Gasteiger partial charge < -0.3 is 5.11 Å². The summed E-state index contributed by atoms with van der Waals surface area (Å²) in [5.74, 6) is -0.757. The fourth-order valence-electron chi connectivity index (χ4n) is 2.33. The van der Waals surface area contributed by atoms with Gasteiger partial charge in [0.2, 0.25) is 0 Å². The molecule has 1 aromatic heterocycles. The molecule has 0 aliphatic carbocycles. The molecule has 6 nitrogen and oxygen atoms in total. The van der Waals surface area contributed by atoms with Crippen LogP contribution in [0.2, 0.25) is 0 Å². The van der Waals surface area contributed by atoms with Gasteiger partial charge in [0.15, 0.2) is 9.84 Å². The number of nitrogens with zero attached hydrogens (tertiary/aromatic N) is 2. The van der Waals surface area contributed by atoms with Crippen molar-refractivity contribution in [2.45, 2.75) is 32.9 Å². The van der Waals surface area contributed by atoms with Gasteiger partial charge >= 0.3 is 5.97 Å². The average molecular weight is 318 g/mol. The molecule has 1 fully saturated rings. The first-order valence-electron chi connectivity index (χ1n) is 6.36. The van der Waals surface area contributed by atoms with Crippen molar-refractivity contribution >= 4 is 27.1 Å². The van der Waals surface area contributed by atoms with Crippen molar-refractivity contribution in [1.82, 2.24) is 9.88 Å². The summed E-state index contributed by atoms with van der Waals surface area (Å²) in [6.45, 7) is 4.12. The zero-order chi connectivity index (χ0) is 14.9. The normalized spacial score (nSPS) is 21.4. The Balaban J connectivity index is 2.13. The summed E-state index contributed by atoms with van der Waals surface area (Å²) >= 11 is 1.53. The molecule has 2 rings (SSSR count). The van der Waals surface area contributed by atoms with Gasteiger partial charge in [0.1, 0.15) is 5.01 Å². The van der Waals surface area contributed by atoms with Gasteiger partial charge in [0.05, 0.1) is 30.3 Å². The van der Waals surface area contributed by atoms with E-state index < -0.39 is 15.8 Å². The quantitative estimate of drug-likeness (QED) is 0.865. The second-order valence-corrected chi connectivity index (χ2v) is 8.62. The molecule has 1 aliphatic heterocycles. The molecule has 0 aromatic carbocycles. The Hall–Kier alpha value is -0.990. The Labute approximate surface area is 122 Å². The minimum atomic E-state index is -3.02. The summed E-state index contributed by atoms with van der Waals surface area (Å²) in [7, 11) is -3.02. The third-order valence-corrected chi connectivity index (χ3v) is 6.28. The van der Waals surface area contributed by atoms with E-state index in [9.17, 15) is 13.2 Å². The third kappa shape index (κ3) is 3.77. The summed E-state index contributed by atoms with van der Waals surface area (Å²) in [5.41, 5.74) is 0.944. The number of sulfone groups is 1. The predicted octanol–water partition coefficient (Wildman–Crippen LogP) is 0.834. The molecule has 1 N–H and O–H groups in total. The molecular formula is C12H18N2O4S2. The second-order valence-electron chi connectivity index (χ2n) is 5.10. The Bertz CT molecular complexity index is 589. The molecule has 1 aliphatic rings. The molecule has 20 heavy (non-hydrogen) atoms. The third-order valence-electron chi connectivity index (χ3n) is 3.47. The van der Waals surface area contributed by atoms with E-state index in [1.807, 2.05) is 13.8 Å². The van der Waals surface area contributed by atoms with Crippen molar-refractivity contribution in [3.05, 3.63) is 15.6 Å². The van der Waals surface area contributed by atoms with Crippen molar-refractivity contribution in [2.24, 2.45) is 0 Å². The number of carbonyl (C=O) groups is 1. The van der Waals surface area contributed by atoms with Gasteiger partial charge in [-0.15, -0.1) is 11.3 Å². The van der Waals surface area contributed by atoms with E-state index >= 15 is 0 Å². The van der Waals surface area contributed by atoms with Crippen LogP contribution in [-0.4, -0.2) is 53.5 Å². The Morgan fingerprint density at radius 2 is 2.20 bits per heavy atom. The van der Waals surface area contributed by atoms with Crippen molar-refractivity contribution < 1.29 is 18.3 Å². The van der Waals surface area contributed by atoms with Crippen molar-refractivity contribution in [3.63, 3.8) is 0 Å². The Morgan fingerprint density at radius 3 is 2.65 bits per heavy atom. The zero-order valence-electron chi connectivity index (χ0n) is 11.5. The summed E-state index contributed by atoms with van der Waals surface area (Å²) < 4.78 is 23.1. The van der Waals surface area contributed by atoms with Gasteiger partial charge in [0.25, 0.3) is 0 Å². The average Bonchev–Trinajstić information content (AvgIpc) is 2.81. The van der Waals surface area contributed by atoms with Gasteiger partial charge in [0, 0.05) is 10.9 Å². The maximum atomic E-state index is 11.6. The number of hydrogen-bond donors (Lipinski definition) is 1. The molecule has 0 amide bonds. The molecular weight excluding hydrogens is 300 g/mol. The minimum absolute atomic E-state index is 0.0453. The van der Waals surface area contributed by atoms with Crippen LogP contribution < -0.4 is 0 Å². The maximum absolute atomic E-state index is 11.6. The lowest BCUT2D eigenvalue weighted by atomic mass is 10.2. The SMILES string of the molecule is Cc1nc(CN(CC(=O)O)C2CCS(=O)(=O)C2)sc1C. The van der Waals surface area contributed by atoms with Crippen LogP contribution in [0, 0.1) is 13.8 Å². The molecule has 1 saturated heterocycles. The fraction of sp³-hybridized carbons (Fsp3) is 0.667. The Morgan fingerprint density at radius 1 is 1.50 bits per heavy atom. The van der Waals surface area contributed by atoms with Gasteiger partial charge in [-0.1, -0.05) is 0 Å². The highest BCUT2D eigenvalue weighted by atomic mass is 32.2. The number of rotatable bonds is 5. The van der Waals surface area contributed by atoms with Crippen LogP contribution in [-0.2, 0) is 21.2 Å². The standard InChI is InChI=1S/C12H18N2O4S2/c1-8-9(2)19-11(13-8)5-14(6-12(15)16)10-3-4-20(17,18)7-10/h10H,3-7H2,1-2H3,(H,15,16). The second kappa shape index (κ2) is 5.79. The van der Waals surface area contributed by atoms with E-state index in [2.05, 4.69) is 4.98 Å². The van der Waals surface area contributed by atoms with Crippen LogP contribution in [0.25, 0.3) is 0 Å². The van der Waals surface area contributed by atoms with Gasteiger partial charge in [-0.25, -0.2) is 13.4 Å². The van der Waals surface area contributed by atoms with Crippen LogP contribution in [0.5, 0.6) is 0 Å². The zero-order valence-corrected chi connectivity index (χ0v) is 13.1. The number of thiazole rings is 1. The van der Waals surface area contributed by atoms with Gasteiger partial charge in [-0.2, -0.15) is 0 Å². The van der Waals surface area contributed by atoms with Gasteiger partial charge in [-0.05, 0) is 20.3 Å². The lowest BCUT2D eigenvalue weighted by Gasteiger charge is -2.25. The van der Waals surface area contributed by atoms with E-state index in [1.165, 1.54) is 11.3 Å². The molecule has 1 aromatic rings. The molecule has 1 unspecified atom stereocenters. The van der Waals surface area contributed by atoms with Crippen LogP contribution >= 0.6 is 11.3 Å². The van der Waals surface area contributed by atoms with Crippen molar-refractivity contribution in [2.75, 3.05) is 18.1 Å². The van der Waals surface area contributed by atoms with E-state index in [0.29, 0.717) is 13.0 Å².